The van der Waals surface area contributed by atoms with E-state index in [9.17, 15) is 4.39 Å². The van der Waals surface area contributed by atoms with E-state index >= 15 is 0 Å². The van der Waals surface area contributed by atoms with E-state index in [2.05, 4.69) is 42.3 Å². The molecule has 4 aromatic rings. The zero-order valence-corrected chi connectivity index (χ0v) is 15.4. The summed E-state index contributed by atoms with van der Waals surface area (Å²) in [5.74, 6) is 0.363. The van der Waals surface area contributed by atoms with Gasteiger partial charge in [0, 0.05) is 11.8 Å². The lowest BCUT2D eigenvalue weighted by molar-refractivity contribution is 0.628. The Morgan fingerprint density at radius 1 is 0.852 bits per heavy atom. The normalized spacial score (nSPS) is 11.6. The fourth-order valence-corrected chi connectivity index (χ4v) is 3.02. The number of fused-ring (bicyclic) bond motifs is 1. The van der Waals surface area contributed by atoms with Crippen LogP contribution in [0.15, 0.2) is 71.0 Å². The molecule has 5 heteroatoms. The van der Waals surface area contributed by atoms with Gasteiger partial charge in [0.25, 0.3) is 0 Å². The van der Waals surface area contributed by atoms with Gasteiger partial charge in [-0.3, -0.25) is 4.40 Å². The van der Waals surface area contributed by atoms with E-state index in [1.165, 1.54) is 12.1 Å². The molecule has 2 aromatic heterocycles. The van der Waals surface area contributed by atoms with Gasteiger partial charge in [-0.05, 0) is 68.3 Å². The van der Waals surface area contributed by atoms with Gasteiger partial charge in [-0.2, -0.15) is 0 Å². The van der Waals surface area contributed by atoms with Crippen LogP contribution in [0.1, 0.15) is 16.7 Å². The Morgan fingerprint density at radius 3 is 2.37 bits per heavy atom. The number of halogens is 1. The zero-order chi connectivity index (χ0) is 19.0. The van der Waals surface area contributed by atoms with Crippen molar-refractivity contribution in [1.29, 1.82) is 0 Å². The highest BCUT2D eigenvalue weighted by Crippen LogP contribution is 2.34. The van der Waals surface area contributed by atoms with Crippen molar-refractivity contribution in [2.45, 2.75) is 20.8 Å². The molecule has 0 aliphatic rings. The molecule has 0 aliphatic carbocycles. The minimum Gasteiger partial charge on any atom is -0.282 e. The number of benzene rings is 2. The first-order valence-electron chi connectivity index (χ1n) is 8.75. The fraction of sp³-hybridized carbons (Fsp3) is 0.136. The molecule has 0 N–H and O–H groups in total. The van der Waals surface area contributed by atoms with Crippen LogP contribution in [0, 0.1) is 26.6 Å². The van der Waals surface area contributed by atoms with Gasteiger partial charge < -0.3 is 0 Å². The first-order chi connectivity index (χ1) is 13.0. The summed E-state index contributed by atoms with van der Waals surface area (Å²) in [4.78, 5) is 4.80. The molecule has 4 rings (SSSR count). The van der Waals surface area contributed by atoms with Gasteiger partial charge in [0.2, 0.25) is 0 Å². The first kappa shape index (κ1) is 17.1. The molecule has 134 valence electrons. The predicted octanol–water partition coefficient (Wildman–Crippen LogP) is 6.48. The second-order valence-corrected chi connectivity index (χ2v) is 6.71. The van der Waals surface area contributed by atoms with Crippen LogP contribution < -0.4 is 0 Å². The molecule has 0 radical (unpaired) electrons. The number of rotatable bonds is 3. The number of azo groups is 1. The molecule has 27 heavy (non-hydrogen) atoms. The predicted molar refractivity (Wildman–Crippen MR) is 105 cm³/mol. The van der Waals surface area contributed by atoms with Crippen molar-refractivity contribution in [3.05, 3.63) is 83.3 Å². The summed E-state index contributed by atoms with van der Waals surface area (Å²) in [6.07, 6.45) is 2.00. The summed E-state index contributed by atoms with van der Waals surface area (Å²) in [6, 6.07) is 16.2. The lowest BCUT2D eigenvalue weighted by Gasteiger charge is -2.05. The quantitative estimate of drug-likeness (QED) is 0.386. The second-order valence-electron chi connectivity index (χ2n) is 6.71. The molecular weight excluding hydrogens is 339 g/mol. The number of imidazole rings is 1. The van der Waals surface area contributed by atoms with Crippen molar-refractivity contribution in [3.63, 3.8) is 0 Å². The van der Waals surface area contributed by atoms with E-state index in [-0.39, 0.29) is 5.82 Å². The van der Waals surface area contributed by atoms with Gasteiger partial charge in [-0.15, -0.1) is 10.2 Å². The monoisotopic (exact) mass is 358 g/mol. The number of aryl methyl sites for hydroxylation is 3. The average molecular weight is 358 g/mol. The second kappa shape index (κ2) is 6.76. The van der Waals surface area contributed by atoms with E-state index in [1.54, 1.807) is 12.1 Å². The molecule has 0 amide bonds. The molecule has 2 heterocycles. The van der Waals surface area contributed by atoms with Crippen molar-refractivity contribution in [2.24, 2.45) is 10.2 Å². The highest BCUT2D eigenvalue weighted by Gasteiger charge is 2.16. The molecule has 0 bridgehead atoms. The van der Waals surface area contributed by atoms with Crippen LogP contribution in [0.3, 0.4) is 0 Å². The summed E-state index contributed by atoms with van der Waals surface area (Å²) >= 11 is 0. The minimum atomic E-state index is -0.296. The largest absolute Gasteiger partial charge is 0.282 e. The van der Waals surface area contributed by atoms with E-state index in [4.69, 9.17) is 4.98 Å². The van der Waals surface area contributed by atoms with Gasteiger partial charge in [0.05, 0.1) is 5.69 Å². The molecule has 0 aliphatic heterocycles. The van der Waals surface area contributed by atoms with Gasteiger partial charge >= 0.3 is 0 Å². The molecule has 0 fully saturated rings. The number of hydrogen-bond donors (Lipinski definition) is 0. The standard InChI is InChI=1S/C22H19FN4/c1-14-4-6-16(3)19(12-14)21-22(26-25-18-9-7-17(23)8-10-18)27-13-15(2)5-11-20(27)24-21/h4-13H,1-3H3. The van der Waals surface area contributed by atoms with E-state index in [0.717, 1.165) is 33.6 Å². The van der Waals surface area contributed by atoms with Crippen molar-refractivity contribution in [3.8, 4) is 11.3 Å². The van der Waals surface area contributed by atoms with Crippen molar-refractivity contribution >= 4 is 17.2 Å². The summed E-state index contributed by atoms with van der Waals surface area (Å²) < 4.78 is 15.1. The van der Waals surface area contributed by atoms with Crippen LogP contribution >= 0.6 is 0 Å². The van der Waals surface area contributed by atoms with Crippen LogP contribution in [0.25, 0.3) is 16.9 Å². The SMILES string of the molecule is Cc1ccc(C)c(-c2nc3ccc(C)cn3c2N=Nc2ccc(F)cc2)c1. The molecular formula is C22H19FN4. The smallest absolute Gasteiger partial charge is 0.187 e. The molecule has 0 spiro atoms. The summed E-state index contributed by atoms with van der Waals surface area (Å²) in [5.41, 5.74) is 6.60. The number of nitrogens with zero attached hydrogens (tertiary/aromatic N) is 4. The lowest BCUT2D eigenvalue weighted by atomic mass is 10.0. The highest BCUT2D eigenvalue weighted by molar-refractivity contribution is 5.77. The van der Waals surface area contributed by atoms with Gasteiger partial charge in [0.15, 0.2) is 5.82 Å². The van der Waals surface area contributed by atoms with E-state index in [0.29, 0.717) is 11.5 Å². The van der Waals surface area contributed by atoms with Gasteiger partial charge in [-0.25, -0.2) is 9.37 Å². The molecule has 0 atom stereocenters. The van der Waals surface area contributed by atoms with Crippen LogP contribution in [0.4, 0.5) is 15.9 Å². The Hall–Kier alpha value is -3.34. The minimum absolute atomic E-state index is 0.296. The Labute approximate surface area is 157 Å². The topological polar surface area (TPSA) is 42.0 Å². The fourth-order valence-electron chi connectivity index (χ4n) is 3.02. The van der Waals surface area contributed by atoms with Crippen LogP contribution in [0.2, 0.25) is 0 Å². The molecule has 0 unspecified atom stereocenters. The lowest BCUT2D eigenvalue weighted by Crippen LogP contribution is -1.86. The number of pyridine rings is 1. The van der Waals surface area contributed by atoms with Crippen molar-refractivity contribution < 1.29 is 4.39 Å². The first-order valence-corrected chi connectivity index (χ1v) is 8.75. The third-order valence-electron chi connectivity index (χ3n) is 4.48. The van der Waals surface area contributed by atoms with Crippen molar-refractivity contribution in [1.82, 2.24) is 9.38 Å². The van der Waals surface area contributed by atoms with Crippen molar-refractivity contribution in [2.75, 3.05) is 0 Å². The molecule has 0 saturated heterocycles. The molecule has 2 aromatic carbocycles. The third kappa shape index (κ3) is 3.36. The Bertz CT molecular complexity index is 1160. The average Bonchev–Trinajstić information content (AvgIpc) is 3.01. The van der Waals surface area contributed by atoms with Crippen LogP contribution in [0.5, 0.6) is 0 Å². The summed E-state index contributed by atoms with van der Waals surface area (Å²) in [5, 5.41) is 8.79. The Kier molecular flexibility index (Phi) is 4.28. The maximum atomic E-state index is 13.1. The van der Waals surface area contributed by atoms with E-state index < -0.39 is 0 Å². The van der Waals surface area contributed by atoms with Gasteiger partial charge in [-0.1, -0.05) is 23.8 Å². The summed E-state index contributed by atoms with van der Waals surface area (Å²) in [7, 11) is 0. The van der Waals surface area contributed by atoms with Crippen LogP contribution in [-0.2, 0) is 0 Å². The maximum Gasteiger partial charge on any atom is 0.187 e. The maximum absolute atomic E-state index is 13.1. The Morgan fingerprint density at radius 2 is 1.59 bits per heavy atom. The van der Waals surface area contributed by atoms with Crippen LogP contribution in [-0.4, -0.2) is 9.38 Å². The molecule has 0 saturated carbocycles. The summed E-state index contributed by atoms with van der Waals surface area (Å²) in [6.45, 7) is 6.14. The van der Waals surface area contributed by atoms with E-state index in [1.807, 2.05) is 29.7 Å². The Balaban J connectivity index is 1.92. The molecule has 4 nitrogen and oxygen atoms in total. The zero-order valence-electron chi connectivity index (χ0n) is 15.4. The number of aromatic nitrogens is 2. The van der Waals surface area contributed by atoms with Gasteiger partial charge in [0.1, 0.15) is 17.2 Å². The number of hydrogen-bond acceptors (Lipinski definition) is 3. The third-order valence-corrected chi connectivity index (χ3v) is 4.48. The highest BCUT2D eigenvalue weighted by atomic mass is 19.1.